The minimum atomic E-state index is -0.985. The largest absolute Gasteiger partial charge is 0.469 e. The molecule has 1 N–H and O–H groups in total. The number of likely N-dealkylation sites (N-methyl/N-ethyl adjacent to an activating group) is 1. The molecule has 0 heterocycles. The topological polar surface area (TPSA) is 84.9 Å². The van der Waals surface area contributed by atoms with Crippen molar-refractivity contribution in [3.63, 3.8) is 0 Å². The number of alkyl carbamates (subject to hydrolysis) is 1. The van der Waals surface area contributed by atoms with Crippen LogP contribution in [0.4, 0.5) is 9.18 Å². The molecule has 7 nitrogen and oxygen atoms in total. The molecule has 1 aromatic rings. The van der Waals surface area contributed by atoms with Crippen LogP contribution in [0.5, 0.6) is 0 Å². The van der Waals surface area contributed by atoms with Gasteiger partial charge in [-0.2, -0.15) is 0 Å². The molecule has 0 spiro atoms. The summed E-state index contributed by atoms with van der Waals surface area (Å²) in [5.41, 5.74) is -0.512. The van der Waals surface area contributed by atoms with E-state index in [-0.39, 0.29) is 18.1 Å². The van der Waals surface area contributed by atoms with E-state index in [1.165, 1.54) is 24.1 Å². The summed E-state index contributed by atoms with van der Waals surface area (Å²) in [6.45, 7) is 10.5. The van der Waals surface area contributed by atoms with Gasteiger partial charge in [0.25, 0.3) is 0 Å². The third-order valence-electron chi connectivity index (χ3n) is 4.97. The Balaban J connectivity index is 3.04. The number of benzene rings is 1. The van der Waals surface area contributed by atoms with Crippen molar-refractivity contribution in [3.8, 4) is 0 Å². The molecule has 0 aliphatic carbocycles. The molecular weight excluding hydrogens is 403 g/mol. The lowest BCUT2D eigenvalue weighted by Crippen LogP contribution is -2.55. The van der Waals surface area contributed by atoms with E-state index < -0.39 is 35.2 Å². The van der Waals surface area contributed by atoms with E-state index in [1.807, 2.05) is 13.8 Å². The maximum Gasteiger partial charge on any atom is 0.408 e. The van der Waals surface area contributed by atoms with Crippen LogP contribution in [0.15, 0.2) is 24.3 Å². The molecule has 2 amide bonds. The van der Waals surface area contributed by atoms with Crippen molar-refractivity contribution in [3.05, 3.63) is 35.6 Å². The number of carbonyl (C=O) groups excluding carboxylic acids is 3. The van der Waals surface area contributed by atoms with Crippen molar-refractivity contribution < 1.29 is 28.2 Å². The Bertz CT molecular complexity index is 771. The van der Waals surface area contributed by atoms with E-state index in [0.717, 1.165) is 5.56 Å². The maximum atomic E-state index is 13.3. The average molecular weight is 439 g/mol. The normalized spacial score (nSPS) is 13.7. The second-order valence-corrected chi connectivity index (χ2v) is 9.37. The van der Waals surface area contributed by atoms with Crippen molar-refractivity contribution in [2.75, 3.05) is 14.2 Å². The van der Waals surface area contributed by atoms with Gasteiger partial charge in [0.15, 0.2) is 0 Å². The number of hydrogen-bond donors (Lipinski definition) is 1. The number of esters is 1. The van der Waals surface area contributed by atoms with E-state index >= 15 is 0 Å². The van der Waals surface area contributed by atoms with Crippen molar-refractivity contribution in [1.82, 2.24) is 10.2 Å². The number of methoxy groups -OCH3 is 1. The lowest BCUT2D eigenvalue weighted by Gasteiger charge is -2.38. The molecule has 0 aromatic heterocycles. The number of halogens is 1. The number of amides is 2. The highest BCUT2D eigenvalue weighted by molar-refractivity contribution is 5.87. The van der Waals surface area contributed by atoms with Gasteiger partial charge in [-0.3, -0.25) is 9.59 Å². The second kappa shape index (κ2) is 10.6. The summed E-state index contributed by atoms with van der Waals surface area (Å²) in [6, 6.07) is 5.11. The van der Waals surface area contributed by atoms with Crippen molar-refractivity contribution in [2.45, 2.75) is 71.6 Å². The van der Waals surface area contributed by atoms with Crippen LogP contribution >= 0.6 is 0 Å². The Morgan fingerprint density at radius 2 is 1.65 bits per heavy atom. The molecule has 0 bridgehead atoms. The number of carbonyl (C=O) groups is 3. The van der Waals surface area contributed by atoms with Gasteiger partial charge >= 0.3 is 12.1 Å². The zero-order valence-electron chi connectivity index (χ0n) is 19.7. The number of ether oxygens (including phenoxy) is 2. The standard InChI is InChI=1S/C23H35FN2O5/c1-15(20(28)30-8)13-18(25-21(29)31-22(2,3)4)19(27)26(7)23(5,6)14-16-9-11-17(24)12-10-16/h9-12,15,18H,13-14H2,1-8H3,(H,25,29)/t15-,18-/m0/s1. The predicted octanol–water partition coefficient (Wildman–Crippen LogP) is 3.70. The SMILES string of the molecule is COC(=O)[C@@H](C)C[C@H](NC(=O)OC(C)(C)C)C(=O)N(C)C(C)(C)Cc1ccc(F)cc1. The van der Waals surface area contributed by atoms with Gasteiger partial charge in [-0.25, -0.2) is 9.18 Å². The van der Waals surface area contributed by atoms with Gasteiger partial charge in [0.1, 0.15) is 17.5 Å². The molecule has 0 saturated heterocycles. The third-order valence-corrected chi connectivity index (χ3v) is 4.97. The fourth-order valence-electron chi connectivity index (χ4n) is 3.07. The molecule has 0 fully saturated rings. The summed E-state index contributed by atoms with van der Waals surface area (Å²) in [5, 5.41) is 2.60. The van der Waals surface area contributed by atoms with Crippen LogP contribution in [0.3, 0.4) is 0 Å². The zero-order chi connectivity index (χ0) is 24.0. The molecule has 0 aliphatic rings. The molecule has 0 radical (unpaired) electrons. The summed E-state index contributed by atoms with van der Waals surface area (Å²) in [4.78, 5) is 39.1. The second-order valence-electron chi connectivity index (χ2n) is 9.37. The fraction of sp³-hybridized carbons (Fsp3) is 0.609. The minimum Gasteiger partial charge on any atom is -0.469 e. The summed E-state index contributed by atoms with van der Waals surface area (Å²) in [5.74, 6) is -1.78. The summed E-state index contributed by atoms with van der Waals surface area (Å²) in [7, 11) is 2.91. The Hall–Kier alpha value is -2.64. The lowest BCUT2D eigenvalue weighted by molar-refractivity contribution is -0.146. The maximum absolute atomic E-state index is 13.3. The minimum absolute atomic E-state index is 0.0573. The van der Waals surface area contributed by atoms with E-state index in [2.05, 4.69) is 5.32 Å². The lowest BCUT2D eigenvalue weighted by atomic mass is 9.91. The molecule has 8 heteroatoms. The highest BCUT2D eigenvalue weighted by Crippen LogP contribution is 2.22. The van der Waals surface area contributed by atoms with Gasteiger partial charge in [-0.15, -0.1) is 0 Å². The monoisotopic (exact) mass is 438 g/mol. The zero-order valence-corrected chi connectivity index (χ0v) is 19.7. The van der Waals surface area contributed by atoms with Crippen LogP contribution in [0.25, 0.3) is 0 Å². The van der Waals surface area contributed by atoms with Gasteiger partial charge in [-0.05, 0) is 65.2 Å². The number of nitrogens with one attached hydrogen (secondary N) is 1. The number of hydrogen-bond acceptors (Lipinski definition) is 5. The number of nitrogens with zero attached hydrogens (tertiary/aromatic N) is 1. The average Bonchev–Trinajstić information content (AvgIpc) is 2.65. The molecule has 0 unspecified atom stereocenters. The van der Waals surface area contributed by atoms with Crippen molar-refractivity contribution in [1.29, 1.82) is 0 Å². The van der Waals surface area contributed by atoms with Gasteiger partial charge in [0.2, 0.25) is 5.91 Å². The van der Waals surface area contributed by atoms with Crippen molar-refractivity contribution in [2.24, 2.45) is 5.92 Å². The van der Waals surface area contributed by atoms with Crippen LogP contribution in [0, 0.1) is 11.7 Å². The smallest absolute Gasteiger partial charge is 0.408 e. The van der Waals surface area contributed by atoms with Crippen LogP contribution in [-0.4, -0.2) is 54.2 Å². The highest BCUT2D eigenvalue weighted by atomic mass is 19.1. The number of rotatable bonds is 8. The third kappa shape index (κ3) is 8.55. The van der Waals surface area contributed by atoms with Gasteiger partial charge in [0.05, 0.1) is 13.0 Å². The van der Waals surface area contributed by atoms with E-state index in [4.69, 9.17) is 9.47 Å². The summed E-state index contributed by atoms with van der Waals surface area (Å²) < 4.78 is 23.3. The van der Waals surface area contributed by atoms with E-state index in [9.17, 15) is 18.8 Å². The summed E-state index contributed by atoms with van der Waals surface area (Å²) >= 11 is 0. The molecule has 31 heavy (non-hydrogen) atoms. The molecule has 0 saturated carbocycles. The fourth-order valence-corrected chi connectivity index (χ4v) is 3.07. The summed E-state index contributed by atoms with van der Waals surface area (Å²) in [6.07, 6.45) is -0.212. The van der Waals surface area contributed by atoms with Crippen LogP contribution in [0.2, 0.25) is 0 Å². The quantitative estimate of drug-likeness (QED) is 0.626. The predicted molar refractivity (Wildman–Crippen MR) is 116 cm³/mol. The van der Waals surface area contributed by atoms with Gasteiger partial charge < -0.3 is 19.7 Å². The molecule has 174 valence electrons. The Kier molecular flexibility index (Phi) is 9.02. The Morgan fingerprint density at radius 1 is 1.10 bits per heavy atom. The first kappa shape index (κ1) is 26.4. The van der Waals surface area contributed by atoms with E-state index in [0.29, 0.717) is 6.42 Å². The molecule has 1 rings (SSSR count). The van der Waals surface area contributed by atoms with Gasteiger partial charge in [0, 0.05) is 12.6 Å². The van der Waals surface area contributed by atoms with E-state index in [1.54, 1.807) is 46.9 Å². The first-order valence-electron chi connectivity index (χ1n) is 10.3. The molecular formula is C23H35FN2O5. The Morgan fingerprint density at radius 3 is 2.13 bits per heavy atom. The first-order chi connectivity index (χ1) is 14.2. The molecule has 2 atom stereocenters. The van der Waals surface area contributed by atoms with Crippen LogP contribution < -0.4 is 5.32 Å². The molecule has 0 aliphatic heterocycles. The molecule has 1 aromatic carbocycles. The van der Waals surface area contributed by atoms with Gasteiger partial charge in [-0.1, -0.05) is 19.1 Å². The van der Waals surface area contributed by atoms with Crippen LogP contribution in [-0.2, 0) is 25.5 Å². The highest BCUT2D eigenvalue weighted by Gasteiger charge is 2.35. The Labute approximate surface area is 184 Å². The van der Waals surface area contributed by atoms with Crippen LogP contribution in [0.1, 0.15) is 53.5 Å². The van der Waals surface area contributed by atoms with Crippen molar-refractivity contribution >= 4 is 18.0 Å². The first-order valence-corrected chi connectivity index (χ1v) is 10.3.